The Kier molecular flexibility index (Phi) is 5.28. The van der Waals surface area contributed by atoms with Crippen LogP contribution in [0.3, 0.4) is 0 Å². The minimum Gasteiger partial charge on any atom is -0.334 e. The van der Waals surface area contributed by atoms with Crippen LogP contribution >= 0.6 is 0 Å². The second-order valence-electron chi connectivity index (χ2n) is 7.23. The summed E-state index contributed by atoms with van der Waals surface area (Å²) in [6.45, 7) is 5.30. The van der Waals surface area contributed by atoms with E-state index in [0.29, 0.717) is 12.0 Å². The van der Waals surface area contributed by atoms with Crippen molar-refractivity contribution in [2.45, 2.75) is 64.1 Å². The van der Waals surface area contributed by atoms with Crippen molar-refractivity contribution in [3.8, 4) is 0 Å². The number of carbonyl (C=O) groups is 1. The van der Waals surface area contributed by atoms with E-state index in [-0.39, 0.29) is 18.0 Å². The largest absolute Gasteiger partial charge is 0.334 e. The van der Waals surface area contributed by atoms with E-state index in [1.807, 2.05) is 12.3 Å². The Morgan fingerprint density at radius 1 is 1.39 bits per heavy atom. The van der Waals surface area contributed by atoms with Crippen LogP contribution in [0.1, 0.15) is 57.6 Å². The summed E-state index contributed by atoms with van der Waals surface area (Å²) in [5, 5.41) is 0. The van der Waals surface area contributed by atoms with Gasteiger partial charge in [0.2, 0.25) is 5.91 Å². The van der Waals surface area contributed by atoms with Gasteiger partial charge in [0.25, 0.3) is 0 Å². The first kappa shape index (κ1) is 16.4. The van der Waals surface area contributed by atoms with E-state index in [1.165, 1.54) is 6.42 Å². The molecule has 0 spiro atoms. The number of rotatable bonds is 4. The first-order valence-electron chi connectivity index (χ1n) is 8.86. The number of piperidine rings is 1. The van der Waals surface area contributed by atoms with Gasteiger partial charge < -0.3 is 4.90 Å². The van der Waals surface area contributed by atoms with Gasteiger partial charge in [-0.2, -0.15) is 0 Å². The van der Waals surface area contributed by atoms with E-state index < -0.39 is 0 Å². The lowest BCUT2D eigenvalue weighted by Crippen LogP contribution is -2.48. The Morgan fingerprint density at radius 3 is 3.00 bits per heavy atom. The SMILES string of the molecule is CC(C)CC1CC(C(=O)N2CCCC[C@@H]2c2cccnc2)NN1. The zero-order valence-corrected chi connectivity index (χ0v) is 14.2. The molecule has 2 aliphatic heterocycles. The fraction of sp³-hybridized carbons (Fsp3) is 0.667. The third-order valence-electron chi connectivity index (χ3n) is 4.89. The van der Waals surface area contributed by atoms with Crippen molar-refractivity contribution < 1.29 is 4.79 Å². The number of aromatic nitrogens is 1. The van der Waals surface area contributed by atoms with E-state index in [0.717, 1.165) is 37.8 Å². The molecule has 1 amide bonds. The van der Waals surface area contributed by atoms with E-state index in [9.17, 15) is 4.79 Å². The Bertz CT molecular complexity index is 519. The van der Waals surface area contributed by atoms with Crippen LogP contribution in [0.2, 0.25) is 0 Å². The molecule has 0 saturated carbocycles. The Hall–Kier alpha value is -1.46. The van der Waals surface area contributed by atoms with Crippen molar-refractivity contribution in [3.05, 3.63) is 30.1 Å². The molecule has 3 atom stereocenters. The van der Waals surface area contributed by atoms with Crippen LogP contribution in [0.25, 0.3) is 0 Å². The highest BCUT2D eigenvalue weighted by Crippen LogP contribution is 2.31. The fourth-order valence-electron chi connectivity index (χ4n) is 3.82. The highest BCUT2D eigenvalue weighted by atomic mass is 16.2. The van der Waals surface area contributed by atoms with Gasteiger partial charge in [0.15, 0.2) is 0 Å². The standard InChI is InChI=1S/C18H28N4O/c1-13(2)10-15-11-16(21-20-15)18(23)22-9-4-3-7-17(22)14-6-5-8-19-12-14/h5-6,8,12-13,15-17,20-21H,3-4,7,9-11H2,1-2H3/t15?,16?,17-/m1/s1. The predicted molar refractivity (Wildman–Crippen MR) is 90.5 cm³/mol. The molecule has 3 heterocycles. The van der Waals surface area contributed by atoms with Crippen molar-refractivity contribution in [1.82, 2.24) is 20.7 Å². The van der Waals surface area contributed by atoms with Gasteiger partial charge in [0.05, 0.1) is 6.04 Å². The molecule has 2 fully saturated rings. The smallest absolute Gasteiger partial charge is 0.241 e. The molecule has 0 bridgehead atoms. The summed E-state index contributed by atoms with van der Waals surface area (Å²) >= 11 is 0. The third kappa shape index (κ3) is 3.90. The van der Waals surface area contributed by atoms with Crippen molar-refractivity contribution in [2.24, 2.45) is 5.92 Å². The summed E-state index contributed by atoms with van der Waals surface area (Å²) in [7, 11) is 0. The van der Waals surface area contributed by atoms with Crippen molar-refractivity contribution in [2.75, 3.05) is 6.54 Å². The molecule has 0 radical (unpaired) electrons. The maximum absolute atomic E-state index is 13.0. The molecule has 1 aromatic rings. The first-order valence-corrected chi connectivity index (χ1v) is 8.86. The monoisotopic (exact) mass is 316 g/mol. The molecular formula is C18H28N4O. The van der Waals surface area contributed by atoms with Crippen LogP contribution in [-0.4, -0.2) is 34.4 Å². The summed E-state index contributed by atoms with van der Waals surface area (Å²) in [4.78, 5) is 19.3. The third-order valence-corrected chi connectivity index (χ3v) is 4.89. The number of carbonyl (C=O) groups excluding carboxylic acids is 1. The summed E-state index contributed by atoms with van der Waals surface area (Å²) in [5.41, 5.74) is 7.68. The molecule has 2 saturated heterocycles. The van der Waals surface area contributed by atoms with Crippen LogP contribution in [0.4, 0.5) is 0 Å². The Morgan fingerprint density at radius 2 is 2.26 bits per heavy atom. The molecule has 2 unspecified atom stereocenters. The van der Waals surface area contributed by atoms with Gasteiger partial charge in [-0.05, 0) is 49.7 Å². The van der Waals surface area contributed by atoms with Crippen molar-refractivity contribution in [3.63, 3.8) is 0 Å². The van der Waals surface area contributed by atoms with E-state index in [2.05, 4.69) is 40.6 Å². The highest BCUT2D eigenvalue weighted by Gasteiger charge is 2.36. The van der Waals surface area contributed by atoms with E-state index >= 15 is 0 Å². The number of pyridine rings is 1. The maximum Gasteiger partial charge on any atom is 0.241 e. The number of nitrogens with one attached hydrogen (secondary N) is 2. The first-order chi connectivity index (χ1) is 11.1. The predicted octanol–water partition coefficient (Wildman–Crippen LogP) is 2.42. The van der Waals surface area contributed by atoms with Gasteiger partial charge in [0, 0.05) is 25.0 Å². The summed E-state index contributed by atoms with van der Waals surface area (Å²) in [5.74, 6) is 0.874. The number of hydrogen-bond acceptors (Lipinski definition) is 4. The maximum atomic E-state index is 13.0. The van der Waals surface area contributed by atoms with Crippen molar-refractivity contribution >= 4 is 5.91 Å². The molecule has 23 heavy (non-hydrogen) atoms. The fourth-order valence-corrected chi connectivity index (χ4v) is 3.82. The molecular weight excluding hydrogens is 288 g/mol. The molecule has 2 N–H and O–H groups in total. The zero-order chi connectivity index (χ0) is 16.2. The van der Waals surface area contributed by atoms with E-state index in [4.69, 9.17) is 0 Å². The average molecular weight is 316 g/mol. The molecule has 5 nitrogen and oxygen atoms in total. The number of hydrazine groups is 1. The quantitative estimate of drug-likeness (QED) is 0.896. The van der Waals surface area contributed by atoms with Gasteiger partial charge >= 0.3 is 0 Å². The Labute approximate surface area is 138 Å². The summed E-state index contributed by atoms with van der Waals surface area (Å²) in [6.07, 6.45) is 8.98. The van der Waals surface area contributed by atoms with Crippen LogP contribution in [-0.2, 0) is 4.79 Å². The molecule has 3 rings (SSSR count). The summed E-state index contributed by atoms with van der Waals surface area (Å²) < 4.78 is 0. The van der Waals surface area contributed by atoms with E-state index in [1.54, 1.807) is 6.20 Å². The van der Waals surface area contributed by atoms with Gasteiger partial charge in [-0.25, -0.2) is 5.43 Å². The lowest BCUT2D eigenvalue weighted by atomic mass is 9.94. The van der Waals surface area contributed by atoms with Gasteiger partial charge in [-0.1, -0.05) is 19.9 Å². The van der Waals surface area contributed by atoms with Crippen molar-refractivity contribution in [1.29, 1.82) is 0 Å². The molecule has 5 heteroatoms. The van der Waals surface area contributed by atoms with Gasteiger partial charge in [-0.3, -0.25) is 15.2 Å². The number of amides is 1. The number of hydrogen-bond donors (Lipinski definition) is 2. The van der Waals surface area contributed by atoms with Crippen LogP contribution in [0.5, 0.6) is 0 Å². The molecule has 0 aromatic carbocycles. The second kappa shape index (κ2) is 7.41. The highest BCUT2D eigenvalue weighted by molar-refractivity contribution is 5.82. The molecule has 0 aliphatic carbocycles. The average Bonchev–Trinajstić information content (AvgIpc) is 3.03. The molecule has 1 aromatic heterocycles. The topological polar surface area (TPSA) is 57.3 Å². The van der Waals surface area contributed by atoms with Crippen LogP contribution in [0.15, 0.2) is 24.5 Å². The number of likely N-dealkylation sites (tertiary alicyclic amines) is 1. The normalized spacial score (nSPS) is 28.3. The minimum atomic E-state index is -0.101. The van der Waals surface area contributed by atoms with Gasteiger partial charge in [-0.15, -0.1) is 0 Å². The second-order valence-corrected chi connectivity index (χ2v) is 7.23. The Balaban J connectivity index is 1.68. The minimum absolute atomic E-state index is 0.101. The van der Waals surface area contributed by atoms with Gasteiger partial charge in [0.1, 0.15) is 6.04 Å². The van der Waals surface area contributed by atoms with Crippen LogP contribution < -0.4 is 10.9 Å². The lowest BCUT2D eigenvalue weighted by Gasteiger charge is -2.37. The molecule has 126 valence electrons. The lowest BCUT2D eigenvalue weighted by molar-refractivity contribution is -0.137. The summed E-state index contributed by atoms with van der Waals surface area (Å²) in [6, 6.07) is 4.52. The number of nitrogens with zero attached hydrogens (tertiary/aromatic N) is 2. The zero-order valence-electron chi connectivity index (χ0n) is 14.2. The van der Waals surface area contributed by atoms with Crippen LogP contribution in [0, 0.1) is 5.92 Å². The molecule has 2 aliphatic rings.